The molecule has 2 N–H and O–H groups in total. The van der Waals surface area contributed by atoms with Gasteiger partial charge in [0.2, 0.25) is 10.0 Å². The Morgan fingerprint density at radius 2 is 1.76 bits per heavy atom. The number of fused-ring (bicyclic) bond motifs is 1. The Bertz CT molecular complexity index is 1170. The molecule has 0 amide bonds. The summed E-state index contributed by atoms with van der Waals surface area (Å²) in [6, 6.07) is 14.8. The highest BCUT2D eigenvalue weighted by Gasteiger charge is 2.14. The van der Waals surface area contributed by atoms with Crippen molar-refractivity contribution in [3.05, 3.63) is 59.5 Å². The highest BCUT2D eigenvalue weighted by atomic mass is 32.2. The van der Waals surface area contributed by atoms with Gasteiger partial charge >= 0.3 is 0 Å². The zero-order valence-corrected chi connectivity index (χ0v) is 15.7. The van der Waals surface area contributed by atoms with E-state index in [4.69, 9.17) is 10.1 Å². The Labute approximate surface area is 153 Å². The average molecular weight is 387 g/mol. The normalized spacial score (nSPS) is 11.9. The van der Waals surface area contributed by atoms with Gasteiger partial charge in [-0.05, 0) is 36.1 Å². The first-order chi connectivity index (χ1) is 11.9. The molecular weight excluding hydrogens is 372 g/mol. The fourth-order valence-electron chi connectivity index (χ4n) is 2.72. The highest BCUT2D eigenvalue weighted by molar-refractivity contribution is 7.89. The fraction of sp³-hybridized carbons (Fsp3) is 0.0556. The summed E-state index contributed by atoms with van der Waals surface area (Å²) in [5.74, 6) is 0. The number of sulfonamides is 1. The zero-order valence-electron chi connectivity index (χ0n) is 13.3. The number of hydrogen-bond donors (Lipinski definition) is 1. The van der Waals surface area contributed by atoms with Crippen LogP contribution in [0.1, 0.15) is 5.56 Å². The van der Waals surface area contributed by atoms with Crippen molar-refractivity contribution in [2.24, 2.45) is 5.14 Å². The van der Waals surface area contributed by atoms with Crippen molar-refractivity contribution >= 4 is 42.8 Å². The lowest BCUT2D eigenvalue weighted by molar-refractivity contribution is 0.598. The van der Waals surface area contributed by atoms with Gasteiger partial charge in [-0.1, -0.05) is 30.3 Å². The lowest BCUT2D eigenvalue weighted by Gasteiger charge is -2.00. The summed E-state index contributed by atoms with van der Waals surface area (Å²) in [6.07, 6.45) is 0. The lowest BCUT2D eigenvalue weighted by atomic mass is 10.1. The van der Waals surface area contributed by atoms with Crippen molar-refractivity contribution in [2.75, 3.05) is 0 Å². The number of thiophene rings is 1. The summed E-state index contributed by atoms with van der Waals surface area (Å²) in [5, 5.41) is 9.30. The summed E-state index contributed by atoms with van der Waals surface area (Å²) >= 11 is 3.28. The molecule has 4 rings (SSSR count). The first-order valence-corrected chi connectivity index (χ1v) is 10.7. The number of nitrogens with two attached hydrogens (primary N) is 1. The molecule has 2 aromatic heterocycles. The second-order valence-corrected chi connectivity index (χ2v) is 9.13. The molecule has 4 aromatic rings. The Balaban J connectivity index is 1.73. The van der Waals surface area contributed by atoms with Gasteiger partial charge < -0.3 is 0 Å². The average Bonchev–Trinajstić information content (AvgIpc) is 3.20. The third-order valence-electron chi connectivity index (χ3n) is 4.01. The largest absolute Gasteiger partial charge is 0.238 e. The molecule has 0 saturated heterocycles. The summed E-state index contributed by atoms with van der Waals surface area (Å²) < 4.78 is 24.0. The van der Waals surface area contributed by atoms with Crippen LogP contribution in [0.3, 0.4) is 0 Å². The van der Waals surface area contributed by atoms with E-state index < -0.39 is 10.0 Å². The molecule has 0 bridgehead atoms. The molecule has 0 radical (unpaired) electrons. The van der Waals surface area contributed by atoms with Crippen LogP contribution >= 0.6 is 22.7 Å². The number of benzene rings is 2. The second-order valence-electron chi connectivity index (χ2n) is 5.66. The minimum absolute atomic E-state index is 0.105. The summed E-state index contributed by atoms with van der Waals surface area (Å²) in [4.78, 5) is 6.02. The van der Waals surface area contributed by atoms with Gasteiger partial charge in [0.25, 0.3) is 0 Å². The monoisotopic (exact) mass is 386 g/mol. The summed E-state index contributed by atoms with van der Waals surface area (Å²) in [7, 11) is -3.68. The fourth-order valence-corrected chi connectivity index (χ4v) is 5.29. The number of rotatable bonds is 3. The zero-order chi connectivity index (χ0) is 17.6. The van der Waals surface area contributed by atoms with E-state index in [0.717, 1.165) is 16.3 Å². The maximum Gasteiger partial charge on any atom is 0.238 e. The molecule has 0 aliphatic heterocycles. The van der Waals surface area contributed by atoms with Crippen LogP contribution in [0.2, 0.25) is 0 Å². The Morgan fingerprint density at radius 3 is 2.44 bits per heavy atom. The van der Waals surface area contributed by atoms with Crippen LogP contribution in [0.15, 0.2) is 58.8 Å². The van der Waals surface area contributed by atoms with E-state index in [2.05, 4.69) is 19.1 Å². The molecule has 7 heteroatoms. The maximum atomic E-state index is 11.4. The van der Waals surface area contributed by atoms with Crippen molar-refractivity contribution in [1.29, 1.82) is 0 Å². The predicted molar refractivity (Wildman–Crippen MR) is 104 cm³/mol. The van der Waals surface area contributed by atoms with Crippen molar-refractivity contribution < 1.29 is 8.42 Å². The van der Waals surface area contributed by atoms with E-state index in [-0.39, 0.29) is 4.90 Å². The van der Waals surface area contributed by atoms with Crippen LogP contribution in [0.4, 0.5) is 0 Å². The van der Waals surface area contributed by atoms with Gasteiger partial charge in [0, 0.05) is 15.6 Å². The van der Waals surface area contributed by atoms with Crippen molar-refractivity contribution in [3.8, 4) is 21.1 Å². The van der Waals surface area contributed by atoms with Gasteiger partial charge in [-0.3, -0.25) is 0 Å². The number of aromatic nitrogens is 1. The van der Waals surface area contributed by atoms with E-state index in [9.17, 15) is 8.42 Å². The minimum Gasteiger partial charge on any atom is -0.235 e. The van der Waals surface area contributed by atoms with Gasteiger partial charge in [-0.25, -0.2) is 18.5 Å². The molecule has 4 nitrogen and oxygen atoms in total. The SMILES string of the molecule is Cc1c(-c2csc(-c3ccc(S(N)(=O)=O)cc3)n2)sc2ccccc12. The molecule has 2 aromatic carbocycles. The van der Waals surface area contributed by atoms with Crippen LogP contribution < -0.4 is 5.14 Å². The number of nitrogens with zero attached hydrogens (tertiary/aromatic N) is 1. The molecule has 0 spiro atoms. The summed E-state index contributed by atoms with van der Waals surface area (Å²) in [6.45, 7) is 2.12. The van der Waals surface area contributed by atoms with Gasteiger partial charge in [0.1, 0.15) is 5.01 Å². The second kappa shape index (κ2) is 6.03. The van der Waals surface area contributed by atoms with Crippen LogP contribution in [0.25, 0.3) is 31.2 Å². The standard InChI is InChI=1S/C18H14N2O2S3/c1-11-14-4-2-3-5-16(14)24-17(11)15-10-23-18(20-15)12-6-8-13(9-7-12)25(19,21)22/h2-10H,1H3,(H2,19,21,22). The van der Waals surface area contributed by atoms with Crippen molar-refractivity contribution in [1.82, 2.24) is 4.98 Å². The smallest absolute Gasteiger partial charge is 0.235 e. The van der Waals surface area contributed by atoms with Crippen LogP contribution in [0.5, 0.6) is 0 Å². The first-order valence-electron chi connectivity index (χ1n) is 7.51. The van der Waals surface area contributed by atoms with E-state index in [1.54, 1.807) is 34.8 Å². The Morgan fingerprint density at radius 1 is 1.04 bits per heavy atom. The van der Waals surface area contributed by atoms with Crippen molar-refractivity contribution in [3.63, 3.8) is 0 Å². The van der Waals surface area contributed by atoms with E-state index in [1.165, 1.54) is 32.7 Å². The van der Waals surface area contributed by atoms with Gasteiger partial charge in [-0.15, -0.1) is 22.7 Å². The lowest BCUT2D eigenvalue weighted by Crippen LogP contribution is -2.11. The molecule has 2 heterocycles. The molecule has 0 aliphatic carbocycles. The minimum atomic E-state index is -3.68. The summed E-state index contributed by atoms with van der Waals surface area (Å²) in [5.41, 5.74) is 3.07. The number of hydrogen-bond acceptors (Lipinski definition) is 5. The molecule has 0 saturated carbocycles. The number of primary sulfonamides is 1. The molecule has 0 aliphatic rings. The van der Waals surface area contributed by atoms with Gasteiger partial charge in [-0.2, -0.15) is 0 Å². The highest BCUT2D eigenvalue weighted by Crippen LogP contribution is 2.39. The quantitative estimate of drug-likeness (QED) is 0.557. The van der Waals surface area contributed by atoms with Crippen LogP contribution in [-0.2, 0) is 10.0 Å². The topological polar surface area (TPSA) is 73.1 Å². The van der Waals surface area contributed by atoms with E-state index in [0.29, 0.717) is 0 Å². The van der Waals surface area contributed by atoms with Gasteiger partial charge in [0.15, 0.2) is 0 Å². The van der Waals surface area contributed by atoms with Gasteiger partial charge in [0.05, 0.1) is 15.5 Å². The molecule has 25 heavy (non-hydrogen) atoms. The number of thiazole rings is 1. The van der Waals surface area contributed by atoms with Crippen LogP contribution in [0, 0.1) is 6.92 Å². The molecule has 126 valence electrons. The molecule has 0 atom stereocenters. The Kier molecular flexibility index (Phi) is 3.96. The van der Waals surface area contributed by atoms with Crippen LogP contribution in [-0.4, -0.2) is 13.4 Å². The predicted octanol–water partition coefficient (Wildman–Crippen LogP) is 4.65. The van der Waals surface area contributed by atoms with E-state index in [1.807, 2.05) is 17.5 Å². The Hall–Kier alpha value is -2.06. The maximum absolute atomic E-state index is 11.4. The van der Waals surface area contributed by atoms with Crippen molar-refractivity contribution in [2.45, 2.75) is 11.8 Å². The third kappa shape index (κ3) is 3.00. The number of aryl methyl sites for hydroxylation is 1. The van der Waals surface area contributed by atoms with E-state index >= 15 is 0 Å². The first kappa shape index (κ1) is 16.4. The molecular formula is C18H14N2O2S3. The molecule has 0 unspecified atom stereocenters. The molecule has 0 fully saturated rings. The third-order valence-corrected chi connectivity index (χ3v) is 7.13.